The predicted octanol–water partition coefficient (Wildman–Crippen LogP) is 3.37. The molecule has 0 aliphatic carbocycles. The molecule has 1 heterocycles. The first kappa shape index (κ1) is 18.1. The van der Waals surface area contributed by atoms with Crippen molar-refractivity contribution in [3.05, 3.63) is 65.7 Å². The molecule has 1 aliphatic rings. The Hall–Kier alpha value is -2.66. The fourth-order valence-corrected chi connectivity index (χ4v) is 3.80. The molecule has 1 unspecified atom stereocenters. The lowest BCUT2D eigenvalue weighted by molar-refractivity contribution is -0.141. The van der Waals surface area contributed by atoms with Crippen LogP contribution in [-0.2, 0) is 26.3 Å². The number of carbonyl (C=O) groups excluding carboxylic acids is 1. The molecule has 26 heavy (non-hydrogen) atoms. The van der Waals surface area contributed by atoms with Crippen LogP contribution in [0.1, 0.15) is 30.4 Å². The minimum Gasteiger partial charge on any atom is -0.481 e. The number of hydrogen-bond acceptors (Lipinski definition) is 3. The van der Waals surface area contributed by atoms with Gasteiger partial charge in [-0.05, 0) is 30.0 Å². The summed E-state index contributed by atoms with van der Waals surface area (Å²) in [5.41, 5.74) is 1.59. The molecule has 3 rings (SSSR count). The van der Waals surface area contributed by atoms with Crippen molar-refractivity contribution in [2.45, 2.75) is 31.2 Å². The molecule has 5 heteroatoms. The lowest BCUT2D eigenvalue weighted by Gasteiger charge is -2.27. The molecule has 2 aromatic rings. The van der Waals surface area contributed by atoms with E-state index in [1.807, 2.05) is 54.6 Å². The third-order valence-corrected chi connectivity index (χ3v) is 4.95. The van der Waals surface area contributed by atoms with E-state index in [4.69, 9.17) is 4.74 Å². The lowest BCUT2D eigenvalue weighted by atomic mass is 9.75. The highest BCUT2D eigenvalue weighted by molar-refractivity contribution is 6.09. The number of hydrogen-bond donors (Lipinski definition) is 1. The molecule has 0 saturated heterocycles. The van der Waals surface area contributed by atoms with E-state index in [1.165, 1.54) is 0 Å². The quantitative estimate of drug-likeness (QED) is 0.739. The topological polar surface area (TPSA) is 66.8 Å². The van der Waals surface area contributed by atoms with Gasteiger partial charge in [0, 0.05) is 19.4 Å². The maximum atomic E-state index is 13.4. The molecule has 0 saturated carbocycles. The summed E-state index contributed by atoms with van der Waals surface area (Å²) in [4.78, 5) is 26.8. The summed E-state index contributed by atoms with van der Waals surface area (Å²) < 4.78 is 5.12. The monoisotopic (exact) mass is 353 g/mol. The van der Waals surface area contributed by atoms with Crippen LogP contribution in [0.2, 0.25) is 0 Å². The highest BCUT2D eigenvalue weighted by Crippen LogP contribution is 2.47. The summed E-state index contributed by atoms with van der Waals surface area (Å²) in [6.45, 7) is 0.928. The number of para-hydroxylation sites is 1. The SMILES string of the molecule is COCCCC1(CC(=O)O)C(=O)N(Cc2ccccc2)c2ccccc21. The molecule has 5 nitrogen and oxygen atoms in total. The Labute approximate surface area is 153 Å². The summed E-state index contributed by atoms with van der Waals surface area (Å²) in [6.07, 6.45) is 0.870. The van der Waals surface area contributed by atoms with E-state index in [2.05, 4.69) is 0 Å². The van der Waals surface area contributed by atoms with Gasteiger partial charge >= 0.3 is 5.97 Å². The third kappa shape index (κ3) is 3.35. The van der Waals surface area contributed by atoms with Crippen molar-refractivity contribution in [2.75, 3.05) is 18.6 Å². The average Bonchev–Trinajstić information content (AvgIpc) is 2.86. The fourth-order valence-electron chi connectivity index (χ4n) is 3.80. The molecule has 0 spiro atoms. The molecule has 136 valence electrons. The van der Waals surface area contributed by atoms with E-state index in [9.17, 15) is 14.7 Å². The van der Waals surface area contributed by atoms with Crippen molar-refractivity contribution in [3.63, 3.8) is 0 Å². The second kappa shape index (κ2) is 7.70. The number of carboxylic acid groups (broad SMARTS) is 1. The van der Waals surface area contributed by atoms with Gasteiger partial charge in [0.15, 0.2) is 0 Å². The maximum absolute atomic E-state index is 13.4. The van der Waals surface area contributed by atoms with Gasteiger partial charge in [-0.15, -0.1) is 0 Å². The molecule has 1 amide bonds. The molecule has 0 fully saturated rings. The van der Waals surface area contributed by atoms with Crippen molar-refractivity contribution < 1.29 is 19.4 Å². The normalized spacial score (nSPS) is 18.8. The van der Waals surface area contributed by atoms with E-state index in [0.717, 1.165) is 16.8 Å². The summed E-state index contributed by atoms with van der Waals surface area (Å²) in [7, 11) is 1.61. The number of rotatable bonds is 8. The van der Waals surface area contributed by atoms with Gasteiger partial charge in [0.05, 0.1) is 18.4 Å². The van der Waals surface area contributed by atoms with Crippen molar-refractivity contribution in [2.24, 2.45) is 0 Å². The summed E-state index contributed by atoms with van der Waals surface area (Å²) in [5.74, 6) is -1.10. The van der Waals surface area contributed by atoms with E-state index >= 15 is 0 Å². The molecular weight excluding hydrogens is 330 g/mol. The van der Waals surface area contributed by atoms with E-state index in [0.29, 0.717) is 26.0 Å². The zero-order chi connectivity index (χ0) is 18.6. The molecular formula is C21H23NO4. The lowest BCUT2D eigenvalue weighted by Crippen LogP contribution is -2.42. The second-order valence-electron chi connectivity index (χ2n) is 6.64. The zero-order valence-electron chi connectivity index (χ0n) is 14.9. The maximum Gasteiger partial charge on any atom is 0.304 e. The first-order valence-corrected chi connectivity index (χ1v) is 8.74. The Morgan fingerprint density at radius 1 is 1.12 bits per heavy atom. The second-order valence-corrected chi connectivity index (χ2v) is 6.64. The first-order chi connectivity index (χ1) is 12.6. The molecule has 1 N–H and O–H groups in total. The molecule has 0 bridgehead atoms. The summed E-state index contributed by atoms with van der Waals surface area (Å²) >= 11 is 0. The number of anilines is 1. The Bertz CT molecular complexity index is 790. The Morgan fingerprint density at radius 3 is 2.50 bits per heavy atom. The van der Waals surface area contributed by atoms with Gasteiger partial charge in [-0.1, -0.05) is 48.5 Å². The van der Waals surface area contributed by atoms with Gasteiger partial charge in [-0.25, -0.2) is 0 Å². The van der Waals surface area contributed by atoms with Crippen LogP contribution in [0.4, 0.5) is 5.69 Å². The first-order valence-electron chi connectivity index (χ1n) is 8.74. The highest BCUT2D eigenvalue weighted by Gasteiger charge is 2.51. The van der Waals surface area contributed by atoms with E-state index in [1.54, 1.807) is 12.0 Å². The van der Waals surface area contributed by atoms with Crippen LogP contribution in [0, 0.1) is 0 Å². The number of carboxylic acids is 1. The molecule has 1 aliphatic heterocycles. The molecule has 1 atom stereocenters. The number of nitrogens with zero attached hydrogens (tertiary/aromatic N) is 1. The van der Waals surface area contributed by atoms with Crippen molar-refractivity contribution >= 4 is 17.6 Å². The molecule has 2 aromatic carbocycles. The minimum atomic E-state index is -1.03. The van der Waals surface area contributed by atoms with E-state index in [-0.39, 0.29) is 12.3 Å². The van der Waals surface area contributed by atoms with Gasteiger partial charge in [0.2, 0.25) is 5.91 Å². The number of carbonyl (C=O) groups is 2. The van der Waals surface area contributed by atoms with Gasteiger partial charge in [0.25, 0.3) is 0 Å². The van der Waals surface area contributed by atoms with Crippen LogP contribution >= 0.6 is 0 Å². The number of benzene rings is 2. The predicted molar refractivity (Wildman–Crippen MR) is 99.1 cm³/mol. The molecule has 0 radical (unpaired) electrons. The van der Waals surface area contributed by atoms with Crippen molar-refractivity contribution in [1.82, 2.24) is 0 Å². The van der Waals surface area contributed by atoms with Gasteiger partial charge < -0.3 is 14.7 Å². The number of ether oxygens (including phenoxy) is 1. The van der Waals surface area contributed by atoms with Crippen LogP contribution in [0.5, 0.6) is 0 Å². The highest BCUT2D eigenvalue weighted by atomic mass is 16.5. The number of amides is 1. The average molecular weight is 353 g/mol. The Balaban J connectivity index is 2.01. The number of fused-ring (bicyclic) bond motifs is 1. The van der Waals surface area contributed by atoms with Crippen molar-refractivity contribution in [1.29, 1.82) is 0 Å². The molecule has 0 aromatic heterocycles. The van der Waals surface area contributed by atoms with Gasteiger partial charge in [-0.2, -0.15) is 0 Å². The van der Waals surface area contributed by atoms with Crippen LogP contribution < -0.4 is 4.90 Å². The van der Waals surface area contributed by atoms with Crippen LogP contribution in [0.25, 0.3) is 0 Å². The van der Waals surface area contributed by atoms with Crippen LogP contribution in [0.15, 0.2) is 54.6 Å². The van der Waals surface area contributed by atoms with Gasteiger partial charge in [-0.3, -0.25) is 9.59 Å². The number of aliphatic carboxylic acids is 1. The van der Waals surface area contributed by atoms with E-state index < -0.39 is 11.4 Å². The largest absolute Gasteiger partial charge is 0.481 e. The third-order valence-electron chi connectivity index (χ3n) is 4.95. The Morgan fingerprint density at radius 2 is 1.81 bits per heavy atom. The number of methoxy groups -OCH3 is 1. The smallest absolute Gasteiger partial charge is 0.304 e. The standard InChI is InChI=1S/C21H23NO4/c1-26-13-7-12-21(14-19(23)24)17-10-5-6-11-18(17)22(20(21)25)15-16-8-3-2-4-9-16/h2-6,8-11H,7,12-15H2,1H3,(H,23,24). The van der Waals surface area contributed by atoms with Gasteiger partial charge in [0.1, 0.15) is 0 Å². The summed E-state index contributed by atoms with van der Waals surface area (Å²) in [5, 5.41) is 9.51. The summed E-state index contributed by atoms with van der Waals surface area (Å²) in [6, 6.07) is 17.3. The fraction of sp³-hybridized carbons (Fsp3) is 0.333. The van der Waals surface area contributed by atoms with Crippen LogP contribution in [0.3, 0.4) is 0 Å². The Kier molecular flexibility index (Phi) is 5.38. The van der Waals surface area contributed by atoms with Crippen molar-refractivity contribution in [3.8, 4) is 0 Å². The van der Waals surface area contributed by atoms with Crippen LogP contribution in [-0.4, -0.2) is 30.7 Å². The minimum absolute atomic E-state index is 0.138. The zero-order valence-corrected chi connectivity index (χ0v) is 14.9.